The van der Waals surface area contributed by atoms with Gasteiger partial charge in [-0.2, -0.15) is 0 Å². The Hall–Kier alpha value is -2.18. The summed E-state index contributed by atoms with van der Waals surface area (Å²) in [6.45, 7) is 4.85. The molecule has 0 bridgehead atoms. The van der Waals surface area contributed by atoms with Crippen molar-refractivity contribution in [2.75, 3.05) is 13.2 Å². The average molecular weight is 941 g/mol. The number of carbonyl (C=O) groups is 2. The van der Waals surface area contributed by atoms with Gasteiger partial charge in [-0.25, -0.2) is 0 Å². The van der Waals surface area contributed by atoms with Crippen molar-refractivity contribution < 1.29 is 24.5 Å². The van der Waals surface area contributed by atoms with E-state index in [2.05, 4.69) is 55.6 Å². The molecule has 3 N–H and O–H groups in total. The van der Waals surface area contributed by atoms with Crippen LogP contribution in [0.4, 0.5) is 0 Å². The summed E-state index contributed by atoms with van der Waals surface area (Å²) in [5.74, 6) is -0.0984. The third-order valence-corrected chi connectivity index (χ3v) is 13.3. The van der Waals surface area contributed by atoms with Crippen LogP contribution in [0.3, 0.4) is 0 Å². The molecule has 392 valence electrons. The number of esters is 1. The fourth-order valence-corrected chi connectivity index (χ4v) is 8.78. The number of unbranched alkanes of at least 4 members (excludes halogenated alkanes) is 37. The van der Waals surface area contributed by atoms with Gasteiger partial charge >= 0.3 is 5.97 Å². The maximum absolute atomic E-state index is 12.5. The van der Waals surface area contributed by atoms with Crippen molar-refractivity contribution in [3.8, 4) is 0 Å². The number of ether oxygens (including phenoxy) is 1. The summed E-state index contributed by atoms with van der Waals surface area (Å²) in [5, 5.41) is 23.1. The number of rotatable bonds is 54. The Kier molecular flexibility index (Phi) is 54.6. The molecule has 0 aliphatic rings. The fraction of sp³-hybridized carbons (Fsp3) is 0.836. The van der Waals surface area contributed by atoms with Gasteiger partial charge < -0.3 is 20.3 Å². The van der Waals surface area contributed by atoms with Crippen LogP contribution in [0.2, 0.25) is 0 Å². The lowest BCUT2D eigenvalue weighted by Crippen LogP contribution is -2.45. The minimum Gasteiger partial charge on any atom is -0.466 e. The van der Waals surface area contributed by atoms with Crippen molar-refractivity contribution in [3.05, 3.63) is 48.6 Å². The van der Waals surface area contributed by atoms with Crippen molar-refractivity contribution >= 4 is 11.9 Å². The van der Waals surface area contributed by atoms with E-state index in [4.69, 9.17) is 4.74 Å². The first-order valence-corrected chi connectivity index (χ1v) is 29.4. The van der Waals surface area contributed by atoms with Gasteiger partial charge in [-0.1, -0.05) is 249 Å². The number of carbonyl (C=O) groups excluding carboxylic acids is 2. The highest BCUT2D eigenvalue weighted by atomic mass is 16.5. The summed E-state index contributed by atoms with van der Waals surface area (Å²) in [6.07, 6.45) is 71.3. The molecule has 2 unspecified atom stereocenters. The highest BCUT2D eigenvalue weighted by molar-refractivity contribution is 5.76. The van der Waals surface area contributed by atoms with E-state index in [1.807, 2.05) is 6.08 Å². The van der Waals surface area contributed by atoms with E-state index in [-0.39, 0.29) is 18.5 Å². The van der Waals surface area contributed by atoms with Gasteiger partial charge in [0.15, 0.2) is 0 Å². The highest BCUT2D eigenvalue weighted by Gasteiger charge is 2.18. The van der Waals surface area contributed by atoms with Gasteiger partial charge in [0.05, 0.1) is 25.4 Å². The quantitative estimate of drug-likeness (QED) is 0.0321. The van der Waals surface area contributed by atoms with E-state index < -0.39 is 12.1 Å². The smallest absolute Gasteiger partial charge is 0.305 e. The van der Waals surface area contributed by atoms with Gasteiger partial charge in [0.2, 0.25) is 5.91 Å². The summed E-state index contributed by atoms with van der Waals surface area (Å²) < 4.78 is 5.47. The van der Waals surface area contributed by atoms with Crippen molar-refractivity contribution in [3.63, 3.8) is 0 Å². The van der Waals surface area contributed by atoms with E-state index in [0.717, 1.165) is 77.0 Å². The molecule has 0 aromatic carbocycles. The van der Waals surface area contributed by atoms with Gasteiger partial charge in [-0.3, -0.25) is 9.59 Å². The number of allylic oxidation sites excluding steroid dienone is 7. The molecule has 67 heavy (non-hydrogen) atoms. The maximum Gasteiger partial charge on any atom is 0.305 e. The van der Waals surface area contributed by atoms with Crippen LogP contribution in [-0.4, -0.2) is 47.4 Å². The highest BCUT2D eigenvalue weighted by Crippen LogP contribution is 2.16. The predicted molar refractivity (Wildman–Crippen MR) is 292 cm³/mol. The van der Waals surface area contributed by atoms with Crippen molar-refractivity contribution in [2.24, 2.45) is 0 Å². The largest absolute Gasteiger partial charge is 0.466 e. The van der Waals surface area contributed by atoms with Crippen LogP contribution in [0, 0.1) is 0 Å². The first kappa shape index (κ1) is 64.8. The second-order valence-corrected chi connectivity index (χ2v) is 20.0. The molecule has 0 spiro atoms. The first-order chi connectivity index (χ1) is 33.0. The molecule has 6 nitrogen and oxygen atoms in total. The van der Waals surface area contributed by atoms with Gasteiger partial charge in [-0.05, 0) is 89.9 Å². The lowest BCUT2D eigenvalue weighted by atomic mass is 10.0. The molecule has 2 atom stereocenters. The predicted octanol–water partition coefficient (Wildman–Crippen LogP) is 18.2. The first-order valence-electron chi connectivity index (χ1n) is 29.4. The summed E-state index contributed by atoms with van der Waals surface area (Å²) in [7, 11) is 0. The number of hydrogen-bond acceptors (Lipinski definition) is 5. The van der Waals surface area contributed by atoms with Crippen LogP contribution in [0.1, 0.15) is 303 Å². The second-order valence-electron chi connectivity index (χ2n) is 20.0. The summed E-state index contributed by atoms with van der Waals surface area (Å²) in [5.41, 5.74) is 0. The minimum absolute atomic E-state index is 0.0153. The zero-order chi connectivity index (χ0) is 48.6. The summed E-state index contributed by atoms with van der Waals surface area (Å²) in [4.78, 5) is 24.5. The Morgan fingerprint density at radius 1 is 0.418 bits per heavy atom. The molecule has 0 saturated heterocycles. The van der Waals surface area contributed by atoms with Crippen LogP contribution in [-0.2, 0) is 14.3 Å². The molecule has 1 amide bonds. The molecule has 0 fully saturated rings. The normalized spacial score (nSPS) is 13.0. The van der Waals surface area contributed by atoms with Gasteiger partial charge in [0, 0.05) is 12.8 Å². The molecule has 6 heteroatoms. The third kappa shape index (κ3) is 53.0. The van der Waals surface area contributed by atoms with Crippen LogP contribution in [0.15, 0.2) is 48.6 Å². The molecule has 0 aromatic heterocycles. The van der Waals surface area contributed by atoms with Crippen LogP contribution < -0.4 is 5.32 Å². The van der Waals surface area contributed by atoms with E-state index in [1.165, 1.54) is 199 Å². The molecule has 0 radical (unpaired) electrons. The Labute approximate surface area is 416 Å². The number of hydrogen-bond donors (Lipinski definition) is 3. The molecule has 0 heterocycles. The van der Waals surface area contributed by atoms with Gasteiger partial charge in [0.25, 0.3) is 0 Å². The average Bonchev–Trinajstić information content (AvgIpc) is 3.33. The monoisotopic (exact) mass is 940 g/mol. The van der Waals surface area contributed by atoms with Crippen LogP contribution in [0.25, 0.3) is 0 Å². The fourth-order valence-electron chi connectivity index (χ4n) is 8.78. The van der Waals surface area contributed by atoms with Crippen molar-refractivity contribution in [1.82, 2.24) is 5.32 Å². The maximum atomic E-state index is 12.5. The van der Waals surface area contributed by atoms with E-state index in [0.29, 0.717) is 19.4 Å². The molecule has 0 aliphatic carbocycles. The lowest BCUT2D eigenvalue weighted by Gasteiger charge is -2.20. The van der Waals surface area contributed by atoms with E-state index >= 15 is 0 Å². The number of aliphatic hydroxyl groups excluding tert-OH is 2. The topological polar surface area (TPSA) is 95.9 Å². The zero-order valence-electron chi connectivity index (χ0n) is 44.6. The molecule has 0 aromatic rings. The molecule has 0 aliphatic heterocycles. The van der Waals surface area contributed by atoms with Crippen LogP contribution in [0.5, 0.6) is 0 Å². The third-order valence-electron chi connectivity index (χ3n) is 13.3. The second kappa shape index (κ2) is 56.4. The van der Waals surface area contributed by atoms with E-state index in [9.17, 15) is 19.8 Å². The van der Waals surface area contributed by atoms with Crippen LogP contribution >= 0.6 is 0 Å². The Bertz CT molecular complexity index is 1130. The molecule has 0 rings (SSSR count). The van der Waals surface area contributed by atoms with Crippen molar-refractivity contribution in [1.29, 1.82) is 0 Å². The number of aliphatic hydroxyl groups is 2. The summed E-state index contributed by atoms with van der Waals surface area (Å²) >= 11 is 0. The SMILES string of the molecule is CCCCC/C=C\C/C=C\CCCCCCCCCCCC(=O)OCCCCCC/C=C\CCCCCCCCCC(=O)NC(CO)C(O)/C=C/CCCCCCCCCCCCCCCC. The Morgan fingerprint density at radius 2 is 0.746 bits per heavy atom. The molecular weight excluding hydrogens is 827 g/mol. The molecular formula is C61H113NO5. The van der Waals surface area contributed by atoms with Gasteiger partial charge in [-0.15, -0.1) is 0 Å². The Morgan fingerprint density at radius 3 is 1.18 bits per heavy atom. The standard InChI is InChI=1S/C61H113NO5/c1-3-5-7-9-11-13-15-17-19-21-22-23-27-31-35-39-43-47-51-55-61(66)67-56-52-48-44-40-36-32-28-24-26-30-34-38-42-46-50-54-60(65)62-58(57-63)59(64)53-49-45-41-37-33-29-25-20-18-16-14-12-10-8-6-4-2/h11,13,17,19,28,32,49,53,58-59,63-64H,3-10,12,14-16,18,20-27,29-31,33-48,50-52,54-57H2,1-2H3,(H,62,65)/b13-11-,19-17-,32-28-,53-49+. The minimum atomic E-state index is -0.855. The summed E-state index contributed by atoms with van der Waals surface area (Å²) in [6, 6.07) is -0.640. The number of amides is 1. The van der Waals surface area contributed by atoms with E-state index in [1.54, 1.807) is 6.08 Å². The zero-order valence-corrected chi connectivity index (χ0v) is 44.6. The Balaban J connectivity index is 3.49. The van der Waals surface area contributed by atoms with Crippen molar-refractivity contribution in [2.45, 2.75) is 315 Å². The number of nitrogens with one attached hydrogen (secondary N) is 1. The molecule has 0 saturated carbocycles. The lowest BCUT2D eigenvalue weighted by molar-refractivity contribution is -0.143. The van der Waals surface area contributed by atoms with Gasteiger partial charge in [0.1, 0.15) is 0 Å².